The van der Waals surface area contributed by atoms with Crippen molar-refractivity contribution in [1.82, 2.24) is 10.2 Å². The van der Waals surface area contributed by atoms with Gasteiger partial charge < -0.3 is 15.2 Å². The van der Waals surface area contributed by atoms with Gasteiger partial charge in [-0.25, -0.2) is 0 Å². The van der Waals surface area contributed by atoms with E-state index >= 15 is 0 Å². The SMILES string of the molecule is C[C@@H]1CN(CNC(=O)c2ccccc2O)C[C@H](C)O1. The number of carbonyl (C=O) groups excluding carboxylic acids is 1. The topological polar surface area (TPSA) is 61.8 Å². The monoisotopic (exact) mass is 264 g/mol. The third-order valence-corrected chi connectivity index (χ3v) is 3.11. The number of amides is 1. The number of hydrogen-bond acceptors (Lipinski definition) is 4. The zero-order valence-electron chi connectivity index (χ0n) is 11.3. The molecule has 1 aromatic carbocycles. The van der Waals surface area contributed by atoms with Gasteiger partial charge in [0.15, 0.2) is 0 Å². The van der Waals surface area contributed by atoms with Gasteiger partial charge in [0.25, 0.3) is 5.91 Å². The molecule has 2 atom stereocenters. The van der Waals surface area contributed by atoms with Gasteiger partial charge in [0.1, 0.15) is 5.75 Å². The van der Waals surface area contributed by atoms with Crippen LogP contribution in [0.3, 0.4) is 0 Å². The summed E-state index contributed by atoms with van der Waals surface area (Å²) in [4.78, 5) is 14.1. The Bertz CT molecular complexity index is 440. The van der Waals surface area contributed by atoms with Crippen LogP contribution in [0, 0.1) is 0 Å². The minimum atomic E-state index is -0.259. The molecular weight excluding hydrogens is 244 g/mol. The Morgan fingerprint density at radius 3 is 2.63 bits per heavy atom. The fourth-order valence-corrected chi connectivity index (χ4v) is 2.36. The molecule has 1 amide bonds. The molecule has 1 saturated heterocycles. The number of nitrogens with one attached hydrogen (secondary N) is 1. The second-order valence-electron chi connectivity index (χ2n) is 4.97. The van der Waals surface area contributed by atoms with E-state index in [1.165, 1.54) is 6.07 Å². The molecule has 0 saturated carbocycles. The summed E-state index contributed by atoms with van der Waals surface area (Å²) in [5, 5.41) is 12.4. The average Bonchev–Trinajstić information content (AvgIpc) is 2.35. The first-order valence-electron chi connectivity index (χ1n) is 6.50. The summed E-state index contributed by atoms with van der Waals surface area (Å²) < 4.78 is 5.63. The first kappa shape index (κ1) is 13.8. The maximum Gasteiger partial charge on any atom is 0.256 e. The van der Waals surface area contributed by atoms with Gasteiger partial charge in [0.05, 0.1) is 24.4 Å². The molecule has 0 unspecified atom stereocenters. The second kappa shape index (κ2) is 6.04. The molecule has 1 heterocycles. The van der Waals surface area contributed by atoms with Gasteiger partial charge in [0.2, 0.25) is 0 Å². The highest BCUT2D eigenvalue weighted by atomic mass is 16.5. The Labute approximate surface area is 113 Å². The fourth-order valence-electron chi connectivity index (χ4n) is 2.36. The Hall–Kier alpha value is -1.59. The number of hydrogen-bond donors (Lipinski definition) is 2. The zero-order valence-corrected chi connectivity index (χ0v) is 11.3. The highest BCUT2D eigenvalue weighted by molar-refractivity contribution is 5.96. The molecule has 0 bridgehead atoms. The maximum atomic E-state index is 11.9. The number of phenols is 1. The van der Waals surface area contributed by atoms with E-state index in [0.29, 0.717) is 12.2 Å². The number of phenolic OH excluding ortho intramolecular Hbond substituents is 1. The van der Waals surface area contributed by atoms with E-state index in [9.17, 15) is 9.90 Å². The highest BCUT2D eigenvalue weighted by Gasteiger charge is 2.22. The average molecular weight is 264 g/mol. The fraction of sp³-hybridized carbons (Fsp3) is 0.500. The Kier molecular flexibility index (Phi) is 4.39. The molecule has 19 heavy (non-hydrogen) atoms. The van der Waals surface area contributed by atoms with Gasteiger partial charge in [-0.15, -0.1) is 0 Å². The highest BCUT2D eigenvalue weighted by Crippen LogP contribution is 2.15. The quantitative estimate of drug-likeness (QED) is 0.861. The number of morpholine rings is 1. The zero-order chi connectivity index (χ0) is 13.8. The smallest absolute Gasteiger partial charge is 0.256 e. The number of carbonyl (C=O) groups is 1. The standard InChI is InChI=1S/C14H20N2O3/c1-10-7-16(8-11(2)19-10)9-15-14(18)12-5-3-4-6-13(12)17/h3-6,10-11,17H,7-9H2,1-2H3,(H,15,18)/t10-,11+. The molecule has 104 valence electrons. The van der Waals surface area contributed by atoms with Crippen LogP contribution in [0.25, 0.3) is 0 Å². The van der Waals surface area contributed by atoms with Crippen molar-refractivity contribution in [1.29, 1.82) is 0 Å². The molecule has 0 spiro atoms. The van der Waals surface area contributed by atoms with Gasteiger partial charge in [-0.3, -0.25) is 9.69 Å². The Balaban J connectivity index is 1.89. The summed E-state index contributed by atoms with van der Waals surface area (Å²) >= 11 is 0. The number of benzene rings is 1. The first-order chi connectivity index (χ1) is 9.06. The summed E-state index contributed by atoms with van der Waals surface area (Å²) in [5.74, 6) is -0.256. The summed E-state index contributed by atoms with van der Waals surface area (Å²) in [7, 11) is 0. The van der Waals surface area contributed by atoms with Crippen LogP contribution in [0.4, 0.5) is 0 Å². The molecule has 0 aliphatic carbocycles. The van der Waals surface area contributed by atoms with Gasteiger partial charge in [-0.1, -0.05) is 12.1 Å². The van der Waals surface area contributed by atoms with Crippen molar-refractivity contribution in [3.8, 4) is 5.75 Å². The molecule has 1 aliphatic heterocycles. The lowest BCUT2D eigenvalue weighted by Crippen LogP contribution is -2.49. The maximum absolute atomic E-state index is 11.9. The normalized spacial score (nSPS) is 24.1. The van der Waals surface area contributed by atoms with Crippen LogP contribution in [-0.2, 0) is 4.74 Å². The van der Waals surface area contributed by atoms with Crippen LogP contribution in [0.15, 0.2) is 24.3 Å². The van der Waals surface area contributed by atoms with Crippen LogP contribution in [0.5, 0.6) is 5.75 Å². The number of aromatic hydroxyl groups is 1. The second-order valence-corrected chi connectivity index (χ2v) is 4.97. The van der Waals surface area contributed by atoms with Crippen LogP contribution in [0.1, 0.15) is 24.2 Å². The summed E-state index contributed by atoms with van der Waals surface area (Å²) in [6.45, 7) is 6.10. The molecular formula is C14H20N2O3. The van der Waals surface area contributed by atoms with E-state index in [1.54, 1.807) is 18.2 Å². The number of nitrogens with zero attached hydrogens (tertiary/aromatic N) is 1. The molecule has 2 rings (SSSR count). The van der Waals surface area contributed by atoms with Crippen molar-refractivity contribution in [2.24, 2.45) is 0 Å². The molecule has 1 aliphatic rings. The van der Waals surface area contributed by atoms with Crippen LogP contribution in [-0.4, -0.2) is 47.9 Å². The Morgan fingerprint density at radius 1 is 1.37 bits per heavy atom. The van der Waals surface area contributed by atoms with Gasteiger partial charge in [-0.05, 0) is 26.0 Å². The van der Waals surface area contributed by atoms with E-state index in [2.05, 4.69) is 10.2 Å². The van der Waals surface area contributed by atoms with Crippen molar-refractivity contribution in [2.75, 3.05) is 19.8 Å². The van der Waals surface area contributed by atoms with Crippen molar-refractivity contribution in [3.05, 3.63) is 29.8 Å². The van der Waals surface area contributed by atoms with Crippen molar-refractivity contribution < 1.29 is 14.6 Å². The number of rotatable bonds is 3. The van der Waals surface area contributed by atoms with E-state index in [4.69, 9.17) is 4.74 Å². The molecule has 5 nitrogen and oxygen atoms in total. The molecule has 1 fully saturated rings. The number of ether oxygens (including phenoxy) is 1. The van der Waals surface area contributed by atoms with Crippen LogP contribution < -0.4 is 5.32 Å². The predicted molar refractivity (Wildman–Crippen MR) is 72.0 cm³/mol. The summed E-state index contributed by atoms with van der Waals surface area (Å²) in [5.41, 5.74) is 0.303. The van der Waals surface area contributed by atoms with Crippen molar-refractivity contribution in [2.45, 2.75) is 26.1 Å². The van der Waals surface area contributed by atoms with Crippen molar-refractivity contribution >= 4 is 5.91 Å². The predicted octanol–water partition coefficient (Wildman–Crippen LogP) is 1.19. The van der Waals surface area contributed by atoms with Crippen molar-refractivity contribution in [3.63, 3.8) is 0 Å². The van der Waals surface area contributed by atoms with Gasteiger partial charge in [-0.2, -0.15) is 0 Å². The van der Waals surface area contributed by atoms with E-state index < -0.39 is 0 Å². The lowest BCUT2D eigenvalue weighted by atomic mass is 10.2. The molecule has 0 radical (unpaired) electrons. The molecule has 0 aromatic heterocycles. The van der Waals surface area contributed by atoms with E-state index in [-0.39, 0.29) is 23.9 Å². The molecule has 2 N–H and O–H groups in total. The lowest BCUT2D eigenvalue weighted by Gasteiger charge is -2.35. The third-order valence-electron chi connectivity index (χ3n) is 3.11. The van der Waals surface area contributed by atoms with Crippen LogP contribution in [0.2, 0.25) is 0 Å². The Morgan fingerprint density at radius 2 is 2.00 bits per heavy atom. The van der Waals surface area contributed by atoms with E-state index in [0.717, 1.165) is 13.1 Å². The number of para-hydroxylation sites is 1. The van der Waals surface area contributed by atoms with Gasteiger partial charge in [0, 0.05) is 13.1 Å². The summed E-state index contributed by atoms with van der Waals surface area (Å²) in [6.07, 6.45) is 0.344. The van der Waals surface area contributed by atoms with E-state index in [1.807, 2.05) is 13.8 Å². The minimum absolute atomic E-state index is 0.00344. The molecule has 1 aromatic rings. The van der Waals surface area contributed by atoms with Gasteiger partial charge >= 0.3 is 0 Å². The largest absolute Gasteiger partial charge is 0.507 e. The third kappa shape index (κ3) is 3.68. The first-order valence-corrected chi connectivity index (χ1v) is 6.50. The minimum Gasteiger partial charge on any atom is -0.507 e. The van der Waals surface area contributed by atoms with Crippen LogP contribution >= 0.6 is 0 Å². The summed E-state index contributed by atoms with van der Waals surface area (Å²) in [6, 6.07) is 6.54. The molecule has 5 heteroatoms. The lowest BCUT2D eigenvalue weighted by molar-refractivity contribution is -0.0692.